The van der Waals surface area contributed by atoms with Crippen LogP contribution < -0.4 is 19.3 Å². The fraction of sp³-hybridized carbons (Fsp3) is 0.123. The maximum atomic E-state index is 6.21. The van der Waals surface area contributed by atoms with Crippen LogP contribution in [0.3, 0.4) is 0 Å². The molecule has 2 aliphatic rings. The third-order valence-corrected chi connectivity index (χ3v) is 25.0. The van der Waals surface area contributed by atoms with E-state index in [4.69, 9.17) is 9.47 Å². The maximum absolute atomic E-state index is 6.21. The quantitative estimate of drug-likeness (QED) is 0.0420. The number of fused-ring (bicyclic) bond motifs is 9. The van der Waals surface area contributed by atoms with E-state index in [0.717, 1.165) is 132 Å². The number of nitrogens with zero attached hydrogens (tertiary/aromatic N) is 3. The lowest BCUT2D eigenvalue weighted by molar-refractivity contribution is 0.303. The highest BCUT2D eigenvalue weighted by Crippen LogP contribution is 2.58. The molecule has 1 aromatic heterocycles. The fourth-order valence-corrected chi connectivity index (χ4v) is 19.1. The van der Waals surface area contributed by atoms with Crippen LogP contribution >= 0.6 is 0 Å². The molecule has 16 aromatic carbocycles. The molecular weight excluding hydrogens is 1440 g/mol. The Labute approximate surface area is 700 Å². The van der Waals surface area contributed by atoms with Crippen molar-refractivity contribution in [1.29, 1.82) is 0 Å². The number of unbranched alkanes of at least 4 members (excludes halogenated alkanes) is 6. The van der Waals surface area contributed by atoms with Crippen LogP contribution in [0.5, 0.6) is 11.5 Å². The van der Waals surface area contributed by atoms with Crippen molar-refractivity contribution in [2.75, 3.05) is 23.0 Å². The van der Waals surface area contributed by atoms with E-state index in [0.29, 0.717) is 13.2 Å². The molecule has 1 heterocycles. The second-order valence-electron chi connectivity index (χ2n) is 31.8. The molecule has 119 heavy (non-hydrogen) atoms. The van der Waals surface area contributed by atoms with Gasteiger partial charge in [0, 0.05) is 61.4 Å². The average Bonchev–Trinajstić information content (AvgIpc) is 1.56. The van der Waals surface area contributed by atoms with E-state index in [-0.39, 0.29) is 10.8 Å². The third-order valence-electron chi connectivity index (χ3n) is 25.0. The Morgan fingerprint density at radius 2 is 0.605 bits per heavy atom. The van der Waals surface area contributed by atoms with E-state index in [1.807, 2.05) is 36.4 Å². The van der Waals surface area contributed by atoms with Crippen LogP contribution in [0, 0.1) is 0 Å². The Morgan fingerprint density at radius 1 is 0.261 bits per heavy atom. The van der Waals surface area contributed by atoms with Crippen LogP contribution in [0.4, 0.5) is 34.1 Å². The van der Waals surface area contributed by atoms with Crippen molar-refractivity contribution in [3.8, 4) is 72.8 Å². The lowest BCUT2D eigenvalue weighted by Gasteiger charge is -2.33. The van der Waals surface area contributed by atoms with Gasteiger partial charge in [-0.05, 0) is 259 Å². The van der Waals surface area contributed by atoms with Gasteiger partial charge in [0.05, 0.1) is 24.2 Å². The summed E-state index contributed by atoms with van der Waals surface area (Å²) >= 11 is 0. The summed E-state index contributed by atoms with van der Waals surface area (Å²) in [6.07, 6.45) is 14.3. The molecule has 0 amide bonds. The van der Waals surface area contributed by atoms with Crippen molar-refractivity contribution < 1.29 is 9.47 Å². The van der Waals surface area contributed by atoms with E-state index in [2.05, 4.69) is 398 Å². The lowest BCUT2D eigenvalue weighted by Crippen LogP contribution is -2.27. The molecule has 0 N–H and O–H groups in total. The van der Waals surface area contributed by atoms with Crippen molar-refractivity contribution in [1.82, 2.24) is 4.57 Å². The monoisotopic (exact) mass is 1540 g/mol. The van der Waals surface area contributed by atoms with Crippen molar-refractivity contribution in [3.05, 3.63) is 452 Å². The molecule has 0 aliphatic heterocycles. The van der Waals surface area contributed by atoms with E-state index in [1.165, 1.54) is 105 Å². The average molecular weight is 1540 g/mol. The summed E-state index contributed by atoms with van der Waals surface area (Å²) in [7, 11) is 0. The first-order valence-electron chi connectivity index (χ1n) is 42.4. The van der Waals surface area contributed by atoms with Crippen molar-refractivity contribution in [2.24, 2.45) is 0 Å². The molecule has 5 nitrogen and oxygen atoms in total. The molecule has 578 valence electrons. The van der Waals surface area contributed by atoms with Gasteiger partial charge in [-0.2, -0.15) is 0 Å². The molecule has 0 saturated heterocycles. The fourth-order valence-electron chi connectivity index (χ4n) is 19.1. The first-order chi connectivity index (χ1) is 58.9. The molecule has 0 spiro atoms. The second kappa shape index (κ2) is 33.7. The summed E-state index contributed by atoms with van der Waals surface area (Å²) in [5.74, 6) is 1.81. The number of aromatic nitrogens is 1. The van der Waals surface area contributed by atoms with Gasteiger partial charge in [0.25, 0.3) is 0 Å². The number of rotatable bonds is 30. The van der Waals surface area contributed by atoms with Gasteiger partial charge < -0.3 is 23.8 Å². The van der Waals surface area contributed by atoms with Crippen LogP contribution in [0.15, 0.2) is 407 Å². The Balaban J connectivity index is 0.675. The van der Waals surface area contributed by atoms with Crippen molar-refractivity contribution in [3.63, 3.8) is 0 Å². The number of anilines is 6. The summed E-state index contributed by atoms with van der Waals surface area (Å²) in [5, 5.41) is 2.40. The Morgan fingerprint density at radius 3 is 1.07 bits per heavy atom. The maximum Gasteiger partial charge on any atom is 0.119 e. The molecule has 2 unspecified atom stereocenters. The van der Waals surface area contributed by atoms with Gasteiger partial charge in [-0.15, -0.1) is 0 Å². The minimum atomic E-state index is -0.328. The summed E-state index contributed by atoms with van der Waals surface area (Å²) in [6, 6.07) is 146. The summed E-state index contributed by atoms with van der Waals surface area (Å²) in [5.41, 5.74) is 31.9. The van der Waals surface area contributed by atoms with Crippen LogP contribution in [-0.2, 0) is 10.8 Å². The van der Waals surface area contributed by atoms with E-state index in [1.54, 1.807) is 0 Å². The minimum absolute atomic E-state index is 0.328. The van der Waals surface area contributed by atoms with Gasteiger partial charge in [0.2, 0.25) is 0 Å². The predicted octanol–water partition coefficient (Wildman–Crippen LogP) is 30.7. The number of benzene rings is 16. The first kappa shape index (κ1) is 75.1. The predicted molar refractivity (Wildman–Crippen MR) is 500 cm³/mol. The third kappa shape index (κ3) is 14.6. The molecule has 17 aromatic rings. The van der Waals surface area contributed by atoms with Crippen LogP contribution in [0.2, 0.25) is 0 Å². The number of hydrogen-bond acceptors (Lipinski definition) is 4. The zero-order valence-electron chi connectivity index (χ0n) is 67.2. The van der Waals surface area contributed by atoms with Crippen LogP contribution in [-0.4, -0.2) is 17.8 Å². The summed E-state index contributed by atoms with van der Waals surface area (Å²) in [6.45, 7) is 9.23. The first-order valence-corrected chi connectivity index (χ1v) is 42.4. The molecule has 0 radical (unpaired) electrons. The van der Waals surface area contributed by atoms with E-state index in [9.17, 15) is 0 Å². The van der Waals surface area contributed by atoms with Gasteiger partial charge >= 0.3 is 0 Å². The second-order valence-corrected chi connectivity index (χ2v) is 31.8. The molecule has 2 aliphatic carbocycles. The van der Waals surface area contributed by atoms with Gasteiger partial charge in [-0.3, -0.25) is 0 Å². The number of ether oxygens (including phenoxy) is 2. The molecule has 5 heteroatoms. The topological polar surface area (TPSA) is 29.9 Å². The van der Waals surface area contributed by atoms with Gasteiger partial charge in [-0.1, -0.05) is 325 Å². The number of para-hydroxylation sites is 2. The zero-order valence-corrected chi connectivity index (χ0v) is 67.2. The molecule has 2 atom stereocenters. The smallest absolute Gasteiger partial charge is 0.119 e. The highest BCUT2D eigenvalue weighted by atomic mass is 16.5. The molecule has 0 saturated carbocycles. The summed E-state index contributed by atoms with van der Waals surface area (Å²) < 4.78 is 14.8. The Hall–Kier alpha value is -14.0. The van der Waals surface area contributed by atoms with Crippen molar-refractivity contribution in [2.45, 2.75) is 75.0 Å². The largest absolute Gasteiger partial charge is 0.494 e. The number of hydrogen-bond donors (Lipinski definition) is 0. The Kier molecular flexibility index (Phi) is 21.2. The molecule has 0 fully saturated rings. The van der Waals surface area contributed by atoms with Crippen LogP contribution in [0.25, 0.3) is 95.3 Å². The highest BCUT2D eigenvalue weighted by Gasteiger charge is 2.46. The van der Waals surface area contributed by atoms with Gasteiger partial charge in [-0.25, -0.2) is 0 Å². The van der Waals surface area contributed by atoms with Gasteiger partial charge in [0.1, 0.15) is 11.5 Å². The lowest BCUT2D eigenvalue weighted by atomic mass is 9.69. The minimum Gasteiger partial charge on any atom is -0.494 e. The normalized spacial score (nSPS) is 14.3. The zero-order chi connectivity index (χ0) is 79.9. The standard InChI is InChI=1S/C114H95N3O2/c1-3-82-45-68-99(69-46-82)118-77-29-7-5-27-75-113(90-33-15-10-16-34-90)107-42-24-21-39-101(107)103-72-55-88(79-109(103)113)86-51-59-93(60-52-86)115(96-63-65-97(66-64-96)116(95-57-49-85(50-58-95)84-31-13-9-14-32-84)98-67-74-112-106(81-98)105-41-23-26-44-111(105)117(112)92-37-19-12-20-38-92)94-61-53-87(54-62-94)89-56-73-104-102-40-22-25-43-108(102)114(110(104)80-89,91-35-17-11-18-36-91)76-28-6-8-30-78-119-100-70-47-83(4-2)48-71-100/h3-4,9-26,31-74,79-81H,1-2,5-8,27-30,75-78H2. The molecule has 0 bridgehead atoms. The Bertz CT molecular complexity index is 6170. The SMILES string of the molecule is C=Cc1ccc(OCCCCCCC2(c3ccccc3)c3ccccc3-c3ccc(-c4ccc(N(c5ccc(-c6ccc7c(c6)C(CCCCCCOc6ccc(C=C)cc6)(c6ccccc6)c6ccccc6-7)cc5)c5ccc(N(c6ccc(-c7ccccc7)cc6)c6ccc7c(c6)c6ccccc6n7-c6ccccc6)cc5)cc4)cc32)cc1. The highest BCUT2D eigenvalue weighted by molar-refractivity contribution is 6.11. The van der Waals surface area contributed by atoms with E-state index < -0.39 is 0 Å². The van der Waals surface area contributed by atoms with Crippen molar-refractivity contribution >= 4 is 68.1 Å². The van der Waals surface area contributed by atoms with E-state index >= 15 is 0 Å². The molecule has 19 rings (SSSR count). The summed E-state index contributed by atoms with van der Waals surface area (Å²) in [4.78, 5) is 4.84. The van der Waals surface area contributed by atoms with Crippen LogP contribution in [0.1, 0.15) is 109 Å². The molecular formula is C114H95N3O2. The van der Waals surface area contributed by atoms with Gasteiger partial charge in [0.15, 0.2) is 0 Å².